The minimum atomic E-state index is 0.482. The smallest absolute Gasteiger partial charge is 0.113 e. The summed E-state index contributed by atoms with van der Waals surface area (Å²) in [5.41, 5.74) is 2.14. The van der Waals surface area contributed by atoms with Crippen LogP contribution in [0, 0.1) is 17.8 Å². The van der Waals surface area contributed by atoms with Crippen LogP contribution in [0.15, 0.2) is 18.3 Å². The zero-order valence-electron chi connectivity index (χ0n) is 10.6. The van der Waals surface area contributed by atoms with E-state index in [1.807, 2.05) is 12.3 Å². The lowest BCUT2D eigenvalue weighted by molar-refractivity contribution is 0.0807. The monoisotopic (exact) mass is 229 g/mol. The van der Waals surface area contributed by atoms with E-state index in [-0.39, 0.29) is 0 Å². The number of ether oxygens (including phenoxy) is 1. The fourth-order valence-corrected chi connectivity index (χ4v) is 1.84. The summed E-state index contributed by atoms with van der Waals surface area (Å²) >= 11 is 0. The number of rotatable bonds is 1. The van der Waals surface area contributed by atoms with E-state index in [1.165, 1.54) is 5.56 Å². The van der Waals surface area contributed by atoms with Crippen LogP contribution in [0.3, 0.4) is 0 Å². The average molecular weight is 229 g/mol. The topological polar surface area (TPSA) is 22.1 Å². The first kappa shape index (κ1) is 12.1. The van der Waals surface area contributed by atoms with Crippen LogP contribution in [-0.4, -0.2) is 18.2 Å². The summed E-state index contributed by atoms with van der Waals surface area (Å²) < 4.78 is 5.31. The molecule has 0 aliphatic carbocycles. The molecular formula is C15H19NO. The van der Waals surface area contributed by atoms with Crippen molar-refractivity contribution in [2.45, 2.75) is 32.6 Å². The summed E-state index contributed by atoms with van der Waals surface area (Å²) in [4.78, 5) is 4.38. The molecule has 0 atom stereocenters. The Labute approximate surface area is 103 Å². The number of hydrogen-bond acceptors (Lipinski definition) is 2. The molecule has 1 aliphatic heterocycles. The zero-order valence-corrected chi connectivity index (χ0v) is 10.6. The van der Waals surface area contributed by atoms with Gasteiger partial charge in [-0.05, 0) is 36.3 Å². The van der Waals surface area contributed by atoms with Crippen LogP contribution in [0.5, 0.6) is 0 Å². The molecule has 2 heterocycles. The van der Waals surface area contributed by atoms with Gasteiger partial charge in [0.05, 0.1) is 0 Å². The Bertz CT molecular complexity index is 405. The molecule has 1 aromatic heterocycles. The Morgan fingerprint density at radius 3 is 2.65 bits per heavy atom. The molecule has 2 heteroatoms. The molecule has 0 spiro atoms. The van der Waals surface area contributed by atoms with Crippen molar-refractivity contribution in [2.24, 2.45) is 5.92 Å². The minimum Gasteiger partial charge on any atom is -0.381 e. The zero-order chi connectivity index (χ0) is 12.1. The standard InChI is InChI=1S/C15H19NO/c1-12(2)14-4-6-15(16-11-14)5-3-13-7-9-17-10-8-13/h4,6,11-13H,7-10H2,1-2H3. The van der Waals surface area contributed by atoms with Crippen LogP contribution < -0.4 is 0 Å². The second-order valence-corrected chi connectivity index (χ2v) is 4.79. The van der Waals surface area contributed by atoms with E-state index in [2.05, 4.69) is 36.7 Å². The van der Waals surface area contributed by atoms with Crippen LogP contribution in [0.25, 0.3) is 0 Å². The largest absolute Gasteiger partial charge is 0.381 e. The number of aromatic nitrogens is 1. The normalized spacial score (nSPS) is 16.6. The molecule has 0 aromatic carbocycles. The van der Waals surface area contributed by atoms with E-state index in [0.717, 1.165) is 31.7 Å². The highest BCUT2D eigenvalue weighted by Gasteiger charge is 2.10. The van der Waals surface area contributed by atoms with Crippen molar-refractivity contribution in [3.63, 3.8) is 0 Å². The maximum atomic E-state index is 5.31. The van der Waals surface area contributed by atoms with Gasteiger partial charge < -0.3 is 4.74 Å². The SMILES string of the molecule is CC(C)c1ccc(C#CC2CCOCC2)nc1. The lowest BCUT2D eigenvalue weighted by atomic mass is 10.0. The van der Waals surface area contributed by atoms with Gasteiger partial charge in [-0.25, -0.2) is 4.98 Å². The number of hydrogen-bond donors (Lipinski definition) is 0. The summed E-state index contributed by atoms with van der Waals surface area (Å²) in [5.74, 6) is 7.47. The molecule has 2 rings (SSSR count). The molecule has 0 N–H and O–H groups in total. The summed E-state index contributed by atoms with van der Waals surface area (Å²) in [5, 5.41) is 0. The van der Waals surface area contributed by atoms with Crippen LogP contribution in [0.2, 0.25) is 0 Å². The van der Waals surface area contributed by atoms with Gasteiger partial charge in [0, 0.05) is 25.3 Å². The van der Waals surface area contributed by atoms with E-state index in [4.69, 9.17) is 4.74 Å². The van der Waals surface area contributed by atoms with E-state index in [0.29, 0.717) is 11.8 Å². The third-order valence-electron chi connectivity index (χ3n) is 3.08. The molecule has 0 bridgehead atoms. The average Bonchev–Trinajstić information content (AvgIpc) is 2.38. The van der Waals surface area contributed by atoms with Crippen LogP contribution >= 0.6 is 0 Å². The highest BCUT2D eigenvalue weighted by atomic mass is 16.5. The second-order valence-electron chi connectivity index (χ2n) is 4.79. The Morgan fingerprint density at radius 1 is 1.29 bits per heavy atom. The van der Waals surface area contributed by atoms with Gasteiger partial charge in [0.25, 0.3) is 0 Å². The first-order valence-corrected chi connectivity index (χ1v) is 6.31. The fourth-order valence-electron chi connectivity index (χ4n) is 1.84. The molecule has 0 saturated carbocycles. The third-order valence-corrected chi connectivity index (χ3v) is 3.08. The first-order chi connectivity index (χ1) is 8.25. The summed E-state index contributed by atoms with van der Waals surface area (Å²) in [6.45, 7) is 6.03. The Hall–Kier alpha value is -1.33. The van der Waals surface area contributed by atoms with Gasteiger partial charge in [-0.2, -0.15) is 0 Å². The van der Waals surface area contributed by atoms with E-state index in [1.54, 1.807) is 0 Å². The summed E-state index contributed by atoms with van der Waals surface area (Å²) in [7, 11) is 0. The van der Waals surface area contributed by atoms with E-state index >= 15 is 0 Å². The van der Waals surface area contributed by atoms with Crippen molar-refractivity contribution in [3.8, 4) is 11.8 Å². The maximum absolute atomic E-state index is 5.31. The number of pyridine rings is 1. The first-order valence-electron chi connectivity index (χ1n) is 6.31. The van der Waals surface area contributed by atoms with E-state index < -0.39 is 0 Å². The lowest BCUT2D eigenvalue weighted by Crippen LogP contribution is -2.13. The van der Waals surface area contributed by atoms with Crippen molar-refractivity contribution in [2.75, 3.05) is 13.2 Å². The van der Waals surface area contributed by atoms with Crippen molar-refractivity contribution < 1.29 is 4.74 Å². The molecule has 1 aromatic rings. The van der Waals surface area contributed by atoms with E-state index in [9.17, 15) is 0 Å². The van der Waals surface area contributed by atoms with Gasteiger partial charge in [0.15, 0.2) is 0 Å². The van der Waals surface area contributed by atoms with Crippen molar-refractivity contribution >= 4 is 0 Å². The highest BCUT2D eigenvalue weighted by Crippen LogP contribution is 2.14. The molecule has 0 unspecified atom stereocenters. The summed E-state index contributed by atoms with van der Waals surface area (Å²) in [6.07, 6.45) is 4.03. The maximum Gasteiger partial charge on any atom is 0.113 e. The molecule has 0 amide bonds. The molecule has 2 nitrogen and oxygen atoms in total. The Morgan fingerprint density at radius 2 is 2.06 bits per heavy atom. The predicted octanol–water partition coefficient (Wildman–Crippen LogP) is 2.98. The Kier molecular flexibility index (Phi) is 4.17. The highest BCUT2D eigenvalue weighted by molar-refractivity contribution is 5.30. The number of nitrogens with zero attached hydrogens (tertiary/aromatic N) is 1. The lowest BCUT2D eigenvalue weighted by Gasteiger charge is -2.16. The second kappa shape index (κ2) is 5.84. The van der Waals surface area contributed by atoms with Gasteiger partial charge in [0.1, 0.15) is 5.69 Å². The molecular weight excluding hydrogens is 210 g/mol. The van der Waals surface area contributed by atoms with Gasteiger partial charge in [-0.1, -0.05) is 25.8 Å². The van der Waals surface area contributed by atoms with Gasteiger partial charge in [-0.15, -0.1) is 0 Å². The van der Waals surface area contributed by atoms with Gasteiger partial charge >= 0.3 is 0 Å². The van der Waals surface area contributed by atoms with Gasteiger partial charge in [-0.3, -0.25) is 0 Å². The molecule has 17 heavy (non-hydrogen) atoms. The molecule has 1 aliphatic rings. The minimum absolute atomic E-state index is 0.482. The quantitative estimate of drug-likeness (QED) is 0.691. The van der Waals surface area contributed by atoms with Gasteiger partial charge in [0.2, 0.25) is 0 Å². The van der Waals surface area contributed by atoms with Crippen LogP contribution in [-0.2, 0) is 4.74 Å². The molecule has 90 valence electrons. The fraction of sp³-hybridized carbons (Fsp3) is 0.533. The van der Waals surface area contributed by atoms with Crippen molar-refractivity contribution in [1.82, 2.24) is 4.98 Å². The van der Waals surface area contributed by atoms with Crippen LogP contribution in [0.1, 0.15) is 43.9 Å². The molecule has 1 fully saturated rings. The van der Waals surface area contributed by atoms with Crippen molar-refractivity contribution in [3.05, 3.63) is 29.6 Å². The Balaban J connectivity index is 2.00. The molecule has 1 saturated heterocycles. The summed E-state index contributed by atoms with van der Waals surface area (Å²) in [6, 6.07) is 4.13. The predicted molar refractivity (Wildman–Crippen MR) is 68.7 cm³/mol. The molecule has 0 radical (unpaired) electrons. The third kappa shape index (κ3) is 3.57. The van der Waals surface area contributed by atoms with Crippen LogP contribution in [0.4, 0.5) is 0 Å². The van der Waals surface area contributed by atoms with Crippen molar-refractivity contribution in [1.29, 1.82) is 0 Å².